The number of fused-ring (bicyclic) bond motifs is 25. The molecule has 0 spiro atoms. The summed E-state index contributed by atoms with van der Waals surface area (Å²) in [7, 11) is 0. The summed E-state index contributed by atoms with van der Waals surface area (Å²) in [5, 5.41) is 0. The highest BCUT2D eigenvalue weighted by Crippen LogP contribution is 2.79. The van der Waals surface area contributed by atoms with Crippen LogP contribution >= 0.6 is 0 Å². The Balaban J connectivity index is 1.29. The summed E-state index contributed by atoms with van der Waals surface area (Å²) >= 11 is 0. The molecule has 2 unspecified atom stereocenters. The van der Waals surface area contributed by atoms with E-state index in [-0.39, 0.29) is 10.8 Å². The Morgan fingerprint density at radius 2 is 0.550 bits per heavy atom. The van der Waals surface area contributed by atoms with Crippen molar-refractivity contribution < 1.29 is 0 Å². The molecule has 0 aliphatic heterocycles. The third-order valence-electron chi connectivity index (χ3n) is 16.3. The second-order valence-electron chi connectivity index (χ2n) is 18.5. The Bertz CT molecular complexity index is 3180. The van der Waals surface area contributed by atoms with Gasteiger partial charge in [0.15, 0.2) is 0 Å². The van der Waals surface area contributed by atoms with Gasteiger partial charge in [-0.2, -0.15) is 0 Å². The molecular weight excluding hydrogens is 721 g/mol. The van der Waals surface area contributed by atoms with Crippen molar-refractivity contribution in [1.29, 1.82) is 0 Å². The van der Waals surface area contributed by atoms with E-state index in [2.05, 4.69) is 159 Å². The van der Waals surface area contributed by atoms with Crippen LogP contribution in [0.5, 0.6) is 0 Å². The van der Waals surface area contributed by atoms with Gasteiger partial charge in [-0.25, -0.2) is 0 Å². The Hall–Kier alpha value is -6.50. The van der Waals surface area contributed by atoms with Gasteiger partial charge < -0.3 is 0 Å². The van der Waals surface area contributed by atoms with Crippen molar-refractivity contribution in [3.63, 3.8) is 0 Å². The smallest absolute Gasteiger partial charge is 0.0359 e. The molecule has 0 amide bonds. The minimum Gasteiger partial charge on any atom is -0.0654 e. The van der Waals surface area contributed by atoms with Crippen LogP contribution in [-0.4, -0.2) is 0 Å². The topological polar surface area (TPSA) is 0 Å². The molecule has 8 aromatic carbocycles. The second-order valence-corrected chi connectivity index (χ2v) is 18.5. The van der Waals surface area contributed by atoms with E-state index in [1.807, 2.05) is 0 Å². The van der Waals surface area contributed by atoms with Crippen LogP contribution in [0, 0.1) is 0 Å². The lowest BCUT2D eigenvalue weighted by molar-refractivity contribution is 0.267. The van der Waals surface area contributed by atoms with Crippen LogP contribution in [0.25, 0.3) is 100 Å². The van der Waals surface area contributed by atoms with Gasteiger partial charge in [0, 0.05) is 10.8 Å². The number of unbranched alkanes of at least 4 members (excludes halogenated alkanes) is 2. The highest BCUT2D eigenvalue weighted by Gasteiger charge is 2.66. The van der Waals surface area contributed by atoms with Crippen molar-refractivity contribution in [2.24, 2.45) is 0 Å². The zero-order chi connectivity index (χ0) is 39.2. The van der Waals surface area contributed by atoms with Crippen molar-refractivity contribution in [2.45, 2.75) is 63.2 Å². The van der Waals surface area contributed by atoms with E-state index < -0.39 is 0 Å². The second kappa shape index (κ2) is 10.8. The number of hydrogen-bond acceptors (Lipinski definition) is 0. The Morgan fingerprint density at radius 3 is 0.900 bits per heavy atom. The summed E-state index contributed by atoms with van der Waals surface area (Å²) in [4.78, 5) is 0. The molecule has 0 saturated carbocycles. The predicted molar refractivity (Wildman–Crippen MR) is 249 cm³/mol. The molecule has 7 aliphatic carbocycles. The molecule has 0 fully saturated rings. The molecule has 282 valence electrons. The van der Waals surface area contributed by atoms with E-state index in [0.717, 1.165) is 38.5 Å². The van der Waals surface area contributed by atoms with E-state index in [9.17, 15) is 0 Å². The molecule has 0 nitrogen and oxygen atoms in total. The standard InChI is InChI=1S/C60H42/c1-3-5-31-59-43-29-17-15-27-41(43)53-47-35-21-9-7-19-33(35)45(47)49-37-23-11-13-25-39(37)51(55(49)57(53)59)52-40-26-14-12-24-38(40)50-46-34-20-8-10-22-36(34)48(46)54-42-28-16-18-30-44(42)60(59,32-6-4-2)58(54)56(50)52/h7-30H,3-6,31-32H2,1-2H3/b52-51-. The molecule has 2 atom stereocenters. The summed E-state index contributed by atoms with van der Waals surface area (Å²) in [6.07, 6.45) is 6.84. The molecule has 0 radical (unpaired) electrons. The van der Waals surface area contributed by atoms with E-state index in [0.29, 0.717) is 0 Å². The summed E-state index contributed by atoms with van der Waals surface area (Å²) in [5.74, 6) is 0. The minimum atomic E-state index is -0.312. The van der Waals surface area contributed by atoms with Crippen LogP contribution < -0.4 is 0 Å². The van der Waals surface area contributed by atoms with Crippen LogP contribution in [0.1, 0.15) is 96.9 Å². The van der Waals surface area contributed by atoms with Crippen LogP contribution in [0.4, 0.5) is 0 Å². The fraction of sp³-hybridized carbons (Fsp3) is 0.167. The first-order valence-electron chi connectivity index (χ1n) is 22.6. The van der Waals surface area contributed by atoms with Gasteiger partial charge >= 0.3 is 0 Å². The highest BCUT2D eigenvalue weighted by molar-refractivity contribution is 6.31. The van der Waals surface area contributed by atoms with E-state index in [1.165, 1.54) is 122 Å². The average Bonchev–Trinajstić information content (AvgIpc) is 3.97. The van der Waals surface area contributed by atoms with Crippen molar-refractivity contribution in [3.05, 3.63) is 190 Å². The van der Waals surface area contributed by atoms with E-state index in [4.69, 9.17) is 0 Å². The molecule has 0 saturated heterocycles. The maximum Gasteiger partial charge on any atom is 0.0359 e. The largest absolute Gasteiger partial charge is 0.0654 e. The fourth-order valence-electron chi connectivity index (χ4n) is 14.5. The monoisotopic (exact) mass is 762 g/mol. The van der Waals surface area contributed by atoms with Gasteiger partial charge in [-0.1, -0.05) is 185 Å². The maximum absolute atomic E-state index is 2.59. The van der Waals surface area contributed by atoms with Gasteiger partial charge in [0.25, 0.3) is 0 Å². The predicted octanol–water partition coefficient (Wildman–Crippen LogP) is 15.9. The highest BCUT2D eigenvalue weighted by atomic mass is 14.7. The first-order valence-corrected chi connectivity index (χ1v) is 22.6. The van der Waals surface area contributed by atoms with Gasteiger partial charge in [-0.05, 0) is 158 Å². The van der Waals surface area contributed by atoms with Crippen molar-refractivity contribution in [2.75, 3.05) is 0 Å². The molecule has 0 bridgehead atoms. The molecule has 0 heteroatoms. The Kier molecular flexibility index (Phi) is 5.83. The molecule has 15 rings (SSSR count). The average molecular weight is 763 g/mol. The first kappa shape index (κ1) is 32.4. The van der Waals surface area contributed by atoms with Crippen LogP contribution in [0.15, 0.2) is 146 Å². The number of benzene rings is 8. The van der Waals surface area contributed by atoms with Gasteiger partial charge in [0.1, 0.15) is 0 Å². The van der Waals surface area contributed by atoms with Gasteiger partial charge in [0.05, 0.1) is 0 Å². The molecule has 8 aromatic rings. The summed E-state index contributed by atoms with van der Waals surface area (Å²) in [6.45, 7) is 4.84. The van der Waals surface area contributed by atoms with Crippen molar-refractivity contribution in [1.82, 2.24) is 0 Å². The lowest BCUT2D eigenvalue weighted by Gasteiger charge is -2.53. The lowest BCUT2D eigenvalue weighted by Crippen LogP contribution is -2.50. The molecule has 0 aromatic heterocycles. The lowest BCUT2D eigenvalue weighted by atomic mass is 9.48. The van der Waals surface area contributed by atoms with Gasteiger partial charge in [-0.3, -0.25) is 0 Å². The SMILES string of the molecule is CCCCC12c3ccccc3-c3c4c(c5c(c31)/C(=C1/c3ccccc3-c3c1c1c(c6c3-c3ccccc3-6)-c3ccccc3C12CCCC)c1ccccc1-5)-c1ccccc1-4. The third kappa shape index (κ3) is 3.20. The first-order chi connectivity index (χ1) is 29.8. The Labute approximate surface area is 351 Å². The van der Waals surface area contributed by atoms with E-state index >= 15 is 0 Å². The summed E-state index contributed by atoms with van der Waals surface area (Å²) in [6, 6.07) is 57.3. The molecule has 0 N–H and O–H groups in total. The molecule has 0 heterocycles. The zero-order valence-corrected chi connectivity index (χ0v) is 34.1. The third-order valence-corrected chi connectivity index (χ3v) is 16.3. The van der Waals surface area contributed by atoms with Crippen LogP contribution in [0.2, 0.25) is 0 Å². The van der Waals surface area contributed by atoms with E-state index in [1.54, 1.807) is 22.3 Å². The van der Waals surface area contributed by atoms with Gasteiger partial charge in [0.2, 0.25) is 0 Å². The fourth-order valence-corrected chi connectivity index (χ4v) is 14.5. The Morgan fingerprint density at radius 1 is 0.283 bits per heavy atom. The minimum absolute atomic E-state index is 0.312. The van der Waals surface area contributed by atoms with Crippen LogP contribution in [-0.2, 0) is 10.8 Å². The van der Waals surface area contributed by atoms with Crippen molar-refractivity contribution in [3.8, 4) is 89.0 Å². The zero-order valence-electron chi connectivity index (χ0n) is 34.1. The quantitative estimate of drug-likeness (QED) is 0.158. The summed E-state index contributed by atoms with van der Waals surface area (Å²) < 4.78 is 0. The molecule has 60 heavy (non-hydrogen) atoms. The van der Waals surface area contributed by atoms with Crippen molar-refractivity contribution >= 4 is 11.1 Å². The number of hydrogen-bond donors (Lipinski definition) is 0. The van der Waals surface area contributed by atoms with Crippen LogP contribution in [0.3, 0.4) is 0 Å². The maximum atomic E-state index is 2.59. The molecule has 7 aliphatic rings. The summed E-state index contributed by atoms with van der Waals surface area (Å²) in [5.41, 5.74) is 37.9. The number of rotatable bonds is 6. The van der Waals surface area contributed by atoms with Gasteiger partial charge in [-0.15, -0.1) is 0 Å². The molecular formula is C60H42. The normalized spacial score (nSPS) is 20.5.